The van der Waals surface area contributed by atoms with E-state index >= 15 is 0 Å². The van der Waals surface area contributed by atoms with Crippen molar-refractivity contribution in [3.05, 3.63) is 28.2 Å². The van der Waals surface area contributed by atoms with E-state index in [9.17, 15) is 4.79 Å². The van der Waals surface area contributed by atoms with E-state index in [1.165, 1.54) is 0 Å². The summed E-state index contributed by atoms with van der Waals surface area (Å²) in [6.07, 6.45) is 3.17. The fourth-order valence-corrected chi connectivity index (χ4v) is 1.69. The van der Waals surface area contributed by atoms with Gasteiger partial charge in [0, 0.05) is 4.47 Å². The molecule has 0 amide bonds. The lowest BCUT2D eigenvalue weighted by molar-refractivity contribution is 0.0692. The number of carboxylic acid groups (broad SMARTS) is 1. The maximum atomic E-state index is 11.0. The molecule has 1 N–H and O–H groups in total. The Morgan fingerprint density at radius 2 is 2.19 bits per heavy atom. The molecule has 0 aliphatic carbocycles. The molecular weight excluding hydrogens is 272 g/mol. The van der Waals surface area contributed by atoms with Crippen LogP contribution in [0.4, 0.5) is 0 Å². The Kier molecular flexibility index (Phi) is 5.32. The van der Waals surface area contributed by atoms with Gasteiger partial charge in [-0.15, -0.1) is 0 Å². The zero-order valence-electron chi connectivity index (χ0n) is 9.20. The van der Waals surface area contributed by atoms with Crippen molar-refractivity contribution >= 4 is 21.9 Å². The summed E-state index contributed by atoms with van der Waals surface area (Å²) in [4.78, 5) is 11.0. The third-order valence-electron chi connectivity index (χ3n) is 2.18. The number of hydrogen-bond donors (Lipinski definition) is 1. The van der Waals surface area contributed by atoms with Gasteiger partial charge in [0.15, 0.2) is 0 Å². The number of ether oxygens (including phenoxy) is 1. The van der Waals surface area contributed by atoms with E-state index < -0.39 is 5.97 Å². The second-order valence-electron chi connectivity index (χ2n) is 3.50. The van der Waals surface area contributed by atoms with Gasteiger partial charge in [-0.3, -0.25) is 0 Å². The molecule has 0 aliphatic rings. The molecule has 1 rings (SSSR count). The summed E-state index contributed by atoms with van der Waals surface area (Å²) >= 11 is 3.24. The second kappa shape index (κ2) is 6.53. The molecule has 0 fully saturated rings. The standard InChI is InChI=1S/C12H15BrO3/c1-2-3-4-7-16-11-6-5-9(13)8-10(11)12(14)15/h5-6,8H,2-4,7H2,1H3,(H,14,15). The first kappa shape index (κ1) is 13.0. The average molecular weight is 287 g/mol. The molecule has 0 atom stereocenters. The molecule has 0 saturated heterocycles. The van der Waals surface area contributed by atoms with Gasteiger partial charge in [0.1, 0.15) is 11.3 Å². The van der Waals surface area contributed by atoms with Crippen molar-refractivity contribution in [2.24, 2.45) is 0 Å². The molecular formula is C12H15BrO3. The third kappa shape index (κ3) is 3.85. The Morgan fingerprint density at radius 1 is 1.44 bits per heavy atom. The second-order valence-corrected chi connectivity index (χ2v) is 4.42. The van der Waals surface area contributed by atoms with E-state index in [-0.39, 0.29) is 5.56 Å². The minimum atomic E-state index is -0.966. The SMILES string of the molecule is CCCCCOc1ccc(Br)cc1C(=O)O. The van der Waals surface area contributed by atoms with Gasteiger partial charge in [-0.2, -0.15) is 0 Å². The van der Waals surface area contributed by atoms with Crippen LogP contribution in [0.3, 0.4) is 0 Å². The summed E-state index contributed by atoms with van der Waals surface area (Å²) in [5.74, 6) is -0.529. The Bertz CT molecular complexity index is 363. The van der Waals surface area contributed by atoms with Gasteiger partial charge >= 0.3 is 5.97 Å². The maximum absolute atomic E-state index is 11.0. The van der Waals surface area contributed by atoms with E-state index in [0.717, 1.165) is 23.7 Å². The first-order chi connectivity index (χ1) is 7.65. The summed E-state index contributed by atoms with van der Waals surface area (Å²) in [6.45, 7) is 2.68. The smallest absolute Gasteiger partial charge is 0.339 e. The molecule has 0 saturated carbocycles. The zero-order valence-corrected chi connectivity index (χ0v) is 10.8. The van der Waals surface area contributed by atoms with Crippen LogP contribution in [0, 0.1) is 0 Å². The van der Waals surface area contributed by atoms with Crippen LogP contribution in [0.5, 0.6) is 5.75 Å². The van der Waals surface area contributed by atoms with E-state index in [1.807, 2.05) is 0 Å². The predicted molar refractivity (Wildman–Crippen MR) is 66.1 cm³/mol. The van der Waals surface area contributed by atoms with Crippen molar-refractivity contribution in [2.45, 2.75) is 26.2 Å². The monoisotopic (exact) mass is 286 g/mol. The van der Waals surface area contributed by atoms with Gasteiger partial charge in [-0.1, -0.05) is 35.7 Å². The molecule has 0 spiro atoms. The van der Waals surface area contributed by atoms with Crippen LogP contribution in [0.2, 0.25) is 0 Å². The fraction of sp³-hybridized carbons (Fsp3) is 0.417. The van der Waals surface area contributed by atoms with E-state index in [4.69, 9.17) is 9.84 Å². The minimum Gasteiger partial charge on any atom is -0.493 e. The highest BCUT2D eigenvalue weighted by Crippen LogP contribution is 2.23. The van der Waals surface area contributed by atoms with Gasteiger partial charge in [0.05, 0.1) is 6.61 Å². The Labute approximate surface area is 104 Å². The lowest BCUT2D eigenvalue weighted by Crippen LogP contribution is -2.04. The molecule has 88 valence electrons. The Balaban J connectivity index is 2.67. The normalized spacial score (nSPS) is 10.1. The van der Waals surface area contributed by atoms with Gasteiger partial charge < -0.3 is 9.84 Å². The van der Waals surface area contributed by atoms with Crippen LogP contribution in [-0.4, -0.2) is 17.7 Å². The average Bonchev–Trinajstić information content (AvgIpc) is 2.26. The van der Waals surface area contributed by atoms with Crippen LogP contribution in [0.15, 0.2) is 22.7 Å². The van der Waals surface area contributed by atoms with Crippen LogP contribution >= 0.6 is 15.9 Å². The highest BCUT2D eigenvalue weighted by atomic mass is 79.9. The summed E-state index contributed by atoms with van der Waals surface area (Å²) in [7, 11) is 0. The number of unbranched alkanes of at least 4 members (excludes halogenated alkanes) is 2. The third-order valence-corrected chi connectivity index (χ3v) is 2.67. The number of benzene rings is 1. The van der Waals surface area contributed by atoms with Gasteiger partial charge in [0.25, 0.3) is 0 Å². The lowest BCUT2D eigenvalue weighted by Gasteiger charge is -2.09. The molecule has 0 radical (unpaired) electrons. The summed E-state index contributed by atoms with van der Waals surface area (Å²) < 4.78 is 6.20. The van der Waals surface area contributed by atoms with Crippen molar-refractivity contribution in [3.8, 4) is 5.75 Å². The Hall–Kier alpha value is -1.03. The highest BCUT2D eigenvalue weighted by Gasteiger charge is 2.11. The zero-order chi connectivity index (χ0) is 12.0. The van der Waals surface area contributed by atoms with Crippen LogP contribution in [0.25, 0.3) is 0 Å². The summed E-state index contributed by atoms with van der Waals surface area (Å²) in [5, 5.41) is 8.99. The van der Waals surface area contributed by atoms with Gasteiger partial charge in [0.2, 0.25) is 0 Å². The van der Waals surface area contributed by atoms with Gasteiger partial charge in [-0.05, 0) is 24.6 Å². The molecule has 1 aromatic carbocycles. The van der Waals surface area contributed by atoms with Gasteiger partial charge in [-0.25, -0.2) is 4.79 Å². The lowest BCUT2D eigenvalue weighted by atomic mass is 10.2. The van der Waals surface area contributed by atoms with E-state index in [1.54, 1.807) is 18.2 Å². The maximum Gasteiger partial charge on any atom is 0.339 e. The quantitative estimate of drug-likeness (QED) is 0.811. The molecule has 0 heterocycles. The van der Waals surface area contributed by atoms with E-state index in [0.29, 0.717) is 12.4 Å². The molecule has 0 unspecified atom stereocenters. The first-order valence-corrected chi connectivity index (χ1v) is 6.10. The highest BCUT2D eigenvalue weighted by molar-refractivity contribution is 9.10. The number of carbonyl (C=O) groups is 1. The molecule has 16 heavy (non-hydrogen) atoms. The molecule has 3 nitrogen and oxygen atoms in total. The molecule has 0 aromatic heterocycles. The largest absolute Gasteiger partial charge is 0.493 e. The molecule has 4 heteroatoms. The number of carboxylic acids is 1. The number of aromatic carboxylic acids is 1. The molecule has 1 aromatic rings. The van der Waals surface area contributed by atoms with Crippen molar-refractivity contribution < 1.29 is 14.6 Å². The summed E-state index contributed by atoms with van der Waals surface area (Å²) in [6, 6.07) is 5.01. The first-order valence-electron chi connectivity index (χ1n) is 5.30. The summed E-state index contributed by atoms with van der Waals surface area (Å²) in [5.41, 5.74) is 0.200. The number of halogens is 1. The Morgan fingerprint density at radius 3 is 2.81 bits per heavy atom. The van der Waals surface area contributed by atoms with Crippen molar-refractivity contribution in [2.75, 3.05) is 6.61 Å². The van der Waals surface area contributed by atoms with Crippen molar-refractivity contribution in [1.29, 1.82) is 0 Å². The molecule has 0 bridgehead atoms. The predicted octanol–water partition coefficient (Wildman–Crippen LogP) is 3.72. The van der Waals surface area contributed by atoms with E-state index in [2.05, 4.69) is 22.9 Å². The van der Waals surface area contributed by atoms with Crippen LogP contribution in [-0.2, 0) is 0 Å². The topological polar surface area (TPSA) is 46.5 Å². The van der Waals surface area contributed by atoms with Crippen molar-refractivity contribution in [1.82, 2.24) is 0 Å². The number of hydrogen-bond acceptors (Lipinski definition) is 2. The fourth-order valence-electron chi connectivity index (χ4n) is 1.33. The number of rotatable bonds is 6. The molecule has 0 aliphatic heterocycles. The van der Waals surface area contributed by atoms with Crippen LogP contribution < -0.4 is 4.74 Å². The minimum absolute atomic E-state index is 0.200. The van der Waals surface area contributed by atoms with Crippen LogP contribution in [0.1, 0.15) is 36.5 Å². The van der Waals surface area contributed by atoms with Crippen molar-refractivity contribution in [3.63, 3.8) is 0 Å².